The van der Waals surface area contributed by atoms with E-state index in [2.05, 4.69) is 46.8 Å². The smallest absolute Gasteiger partial charge is 0.328 e. The molecule has 4 aromatic rings. The Morgan fingerprint density at radius 2 is 1.32 bits per heavy atom. The Bertz CT molecular complexity index is 1090. The summed E-state index contributed by atoms with van der Waals surface area (Å²) in [5, 5.41) is 17.2. The van der Waals surface area contributed by atoms with Crippen LogP contribution in [0.2, 0.25) is 0 Å². The number of carbonyl (C=O) groups is 1. The number of nitrogens with zero attached hydrogens (tertiary/aromatic N) is 2. The fourth-order valence-electron chi connectivity index (χ4n) is 3.85. The third-order valence-electron chi connectivity index (χ3n) is 5.30. The molecule has 0 aliphatic rings. The van der Waals surface area contributed by atoms with Crippen LogP contribution in [0.15, 0.2) is 103 Å². The van der Waals surface area contributed by atoms with Crippen molar-refractivity contribution in [2.75, 3.05) is 5.32 Å². The molecule has 0 saturated carbocycles. The van der Waals surface area contributed by atoms with Crippen LogP contribution in [0.25, 0.3) is 6.08 Å². The van der Waals surface area contributed by atoms with E-state index in [0.29, 0.717) is 11.4 Å². The van der Waals surface area contributed by atoms with Crippen molar-refractivity contribution in [3.05, 3.63) is 126 Å². The number of aliphatic carboxylic acids is 1. The van der Waals surface area contributed by atoms with Crippen molar-refractivity contribution in [1.29, 1.82) is 0 Å². The average Bonchev–Trinajstić information content (AvgIpc) is 3.16. The van der Waals surface area contributed by atoms with Gasteiger partial charge in [-0.05, 0) is 22.8 Å². The minimum Gasteiger partial charge on any atom is -0.478 e. The number of carboxylic acid groups (broad SMARTS) is 1. The van der Waals surface area contributed by atoms with Crippen LogP contribution < -0.4 is 5.32 Å². The number of anilines is 1. The summed E-state index contributed by atoms with van der Waals surface area (Å²) in [4.78, 5) is 11.1. The van der Waals surface area contributed by atoms with Crippen molar-refractivity contribution in [3.63, 3.8) is 0 Å². The van der Waals surface area contributed by atoms with E-state index in [0.717, 1.165) is 22.8 Å². The normalized spacial score (nSPS) is 11.5. The molecule has 0 atom stereocenters. The predicted molar refractivity (Wildman–Crippen MR) is 123 cm³/mol. The first-order valence-corrected chi connectivity index (χ1v) is 9.99. The van der Waals surface area contributed by atoms with Crippen LogP contribution >= 0.6 is 0 Å². The topological polar surface area (TPSA) is 67.2 Å². The molecule has 2 N–H and O–H groups in total. The van der Waals surface area contributed by atoms with Crippen molar-refractivity contribution >= 4 is 17.9 Å². The zero-order valence-electron chi connectivity index (χ0n) is 17.1. The summed E-state index contributed by atoms with van der Waals surface area (Å²) in [7, 11) is 1.84. The molecule has 4 rings (SSSR count). The third-order valence-corrected chi connectivity index (χ3v) is 5.30. The van der Waals surface area contributed by atoms with E-state index in [1.165, 1.54) is 0 Å². The van der Waals surface area contributed by atoms with Crippen LogP contribution in [0.4, 0.5) is 5.82 Å². The van der Waals surface area contributed by atoms with E-state index in [-0.39, 0.29) is 0 Å². The molecule has 0 saturated heterocycles. The Kier molecular flexibility index (Phi) is 5.67. The third kappa shape index (κ3) is 3.98. The molecule has 0 spiro atoms. The molecule has 0 aliphatic heterocycles. The van der Waals surface area contributed by atoms with Gasteiger partial charge in [-0.1, -0.05) is 91.0 Å². The summed E-state index contributed by atoms with van der Waals surface area (Å²) in [6.45, 7) is 0. The van der Waals surface area contributed by atoms with Gasteiger partial charge < -0.3 is 10.4 Å². The monoisotopic (exact) mass is 409 g/mol. The summed E-state index contributed by atoms with van der Waals surface area (Å²) >= 11 is 0. The van der Waals surface area contributed by atoms with E-state index < -0.39 is 11.5 Å². The van der Waals surface area contributed by atoms with Gasteiger partial charge in [0.25, 0.3) is 0 Å². The number of aromatic nitrogens is 2. The highest BCUT2D eigenvalue weighted by Crippen LogP contribution is 2.40. The molecule has 0 fully saturated rings. The van der Waals surface area contributed by atoms with Crippen LogP contribution in [0.5, 0.6) is 0 Å². The number of hydrogen-bond acceptors (Lipinski definition) is 3. The lowest BCUT2D eigenvalue weighted by Gasteiger charge is -2.38. The van der Waals surface area contributed by atoms with Crippen LogP contribution in [0.1, 0.15) is 22.3 Å². The lowest BCUT2D eigenvalue weighted by Crippen LogP contribution is -2.39. The average molecular weight is 409 g/mol. The lowest BCUT2D eigenvalue weighted by molar-refractivity contribution is -0.131. The Labute approximate surface area is 181 Å². The SMILES string of the molecule is Cn1ncc(/C=C/C(=O)O)c1NC(c1ccccc1)(c1ccccc1)c1ccccc1. The molecule has 5 nitrogen and oxygen atoms in total. The van der Waals surface area contributed by atoms with Crippen LogP contribution in [0, 0.1) is 0 Å². The maximum atomic E-state index is 11.1. The highest BCUT2D eigenvalue weighted by Gasteiger charge is 2.37. The number of rotatable bonds is 7. The molecule has 154 valence electrons. The fourth-order valence-corrected chi connectivity index (χ4v) is 3.85. The second-order valence-electron chi connectivity index (χ2n) is 7.22. The molecular weight excluding hydrogens is 386 g/mol. The molecule has 0 aliphatic carbocycles. The highest BCUT2D eigenvalue weighted by molar-refractivity contribution is 5.86. The van der Waals surface area contributed by atoms with Crippen molar-refractivity contribution < 1.29 is 9.90 Å². The minimum absolute atomic E-state index is 0.692. The fraction of sp³-hybridized carbons (Fsp3) is 0.0769. The maximum Gasteiger partial charge on any atom is 0.328 e. The largest absolute Gasteiger partial charge is 0.478 e. The van der Waals surface area contributed by atoms with Gasteiger partial charge in [-0.2, -0.15) is 5.10 Å². The quantitative estimate of drug-likeness (QED) is 0.336. The van der Waals surface area contributed by atoms with Gasteiger partial charge in [0.05, 0.1) is 6.20 Å². The standard InChI is InChI=1S/C26H23N3O2/c1-29-25(20(19-27-29)17-18-24(30)31)28-26(21-11-5-2-6-12-21,22-13-7-3-8-14-22)23-15-9-4-10-16-23/h2-19,28H,1H3,(H,30,31)/b18-17+. The molecule has 0 bridgehead atoms. The summed E-state index contributed by atoms with van der Waals surface area (Å²) in [5.74, 6) is -0.288. The summed E-state index contributed by atoms with van der Waals surface area (Å²) in [5.41, 5.74) is 3.14. The lowest BCUT2D eigenvalue weighted by atomic mass is 9.77. The molecule has 5 heteroatoms. The van der Waals surface area contributed by atoms with E-state index >= 15 is 0 Å². The Balaban J connectivity index is 1.99. The number of aryl methyl sites for hydroxylation is 1. The van der Waals surface area contributed by atoms with E-state index in [1.807, 2.05) is 61.6 Å². The van der Waals surface area contributed by atoms with Gasteiger partial charge in [0.1, 0.15) is 11.4 Å². The summed E-state index contributed by atoms with van der Waals surface area (Å²) < 4.78 is 1.73. The zero-order valence-corrected chi connectivity index (χ0v) is 17.1. The maximum absolute atomic E-state index is 11.1. The van der Waals surface area contributed by atoms with E-state index in [4.69, 9.17) is 5.11 Å². The molecule has 3 aromatic carbocycles. The zero-order chi connectivity index (χ0) is 21.7. The van der Waals surface area contributed by atoms with Crippen LogP contribution in [-0.2, 0) is 17.4 Å². The molecule has 1 heterocycles. The van der Waals surface area contributed by atoms with Crippen LogP contribution in [-0.4, -0.2) is 20.9 Å². The van der Waals surface area contributed by atoms with Crippen molar-refractivity contribution in [1.82, 2.24) is 9.78 Å². The number of nitrogens with one attached hydrogen (secondary N) is 1. The van der Waals surface area contributed by atoms with Gasteiger partial charge in [0.15, 0.2) is 0 Å². The van der Waals surface area contributed by atoms with Gasteiger partial charge in [-0.15, -0.1) is 0 Å². The Hall–Kier alpha value is -4.12. The first-order chi connectivity index (χ1) is 15.1. The molecular formula is C26H23N3O2. The predicted octanol–water partition coefficient (Wildman–Crippen LogP) is 4.92. The number of benzene rings is 3. The molecule has 0 amide bonds. The first-order valence-electron chi connectivity index (χ1n) is 9.99. The number of hydrogen-bond donors (Lipinski definition) is 2. The number of carboxylic acids is 1. The van der Waals surface area contributed by atoms with Crippen LogP contribution in [0.3, 0.4) is 0 Å². The van der Waals surface area contributed by atoms with Crippen molar-refractivity contribution in [3.8, 4) is 0 Å². The van der Waals surface area contributed by atoms with Gasteiger partial charge in [-0.3, -0.25) is 4.68 Å². The minimum atomic E-state index is -1.00. The second-order valence-corrected chi connectivity index (χ2v) is 7.22. The Morgan fingerprint density at radius 1 is 0.871 bits per heavy atom. The van der Waals surface area contributed by atoms with Crippen molar-refractivity contribution in [2.24, 2.45) is 7.05 Å². The van der Waals surface area contributed by atoms with Gasteiger partial charge in [-0.25, -0.2) is 4.79 Å². The second kappa shape index (κ2) is 8.71. The van der Waals surface area contributed by atoms with Gasteiger partial charge in [0, 0.05) is 18.7 Å². The van der Waals surface area contributed by atoms with Gasteiger partial charge >= 0.3 is 5.97 Å². The summed E-state index contributed by atoms with van der Waals surface area (Å²) in [6, 6.07) is 30.7. The van der Waals surface area contributed by atoms with Crippen molar-refractivity contribution in [2.45, 2.75) is 5.54 Å². The highest BCUT2D eigenvalue weighted by atomic mass is 16.4. The summed E-state index contributed by atoms with van der Waals surface area (Å²) in [6.07, 6.45) is 4.34. The van der Waals surface area contributed by atoms with E-state index in [9.17, 15) is 4.79 Å². The molecule has 0 unspecified atom stereocenters. The van der Waals surface area contributed by atoms with Gasteiger partial charge in [0.2, 0.25) is 0 Å². The molecule has 31 heavy (non-hydrogen) atoms. The van der Waals surface area contributed by atoms with E-state index in [1.54, 1.807) is 17.0 Å². The first kappa shape index (κ1) is 20.2. The Morgan fingerprint density at radius 3 is 1.74 bits per heavy atom. The molecule has 1 aromatic heterocycles. The molecule has 0 radical (unpaired) electrons.